The molecule has 7 nitrogen and oxygen atoms in total. The van der Waals surface area contributed by atoms with Crippen molar-refractivity contribution in [1.82, 2.24) is 5.43 Å². The van der Waals surface area contributed by atoms with Crippen LogP contribution in [0.15, 0.2) is 53.6 Å². The number of rotatable bonds is 8. The van der Waals surface area contributed by atoms with Crippen molar-refractivity contribution >= 4 is 39.6 Å². The molecule has 1 N–H and O–H groups in total. The van der Waals surface area contributed by atoms with Crippen LogP contribution in [0.5, 0.6) is 5.75 Å². The molecule has 1 aliphatic heterocycles. The van der Waals surface area contributed by atoms with E-state index in [0.717, 1.165) is 38.9 Å². The van der Waals surface area contributed by atoms with Gasteiger partial charge in [-0.3, -0.25) is 9.10 Å². The Hall–Kier alpha value is -2.52. The average Bonchev–Trinajstić information content (AvgIpc) is 2.64. The summed E-state index contributed by atoms with van der Waals surface area (Å²) in [5.41, 5.74) is 4.59. The first-order valence-electron chi connectivity index (χ1n) is 9.02. The first-order valence-corrected chi connectivity index (χ1v) is 12.0. The number of hydrogen-bond donors (Lipinski definition) is 1. The molecule has 29 heavy (non-hydrogen) atoms. The molecule has 0 aromatic heterocycles. The Labute approximate surface area is 175 Å². The van der Waals surface area contributed by atoms with Crippen LogP contribution in [0.4, 0.5) is 5.69 Å². The van der Waals surface area contributed by atoms with Crippen molar-refractivity contribution in [2.75, 3.05) is 28.6 Å². The summed E-state index contributed by atoms with van der Waals surface area (Å²) in [5.74, 6) is 2.30. The fourth-order valence-corrected chi connectivity index (χ4v) is 3.98. The van der Waals surface area contributed by atoms with E-state index in [1.54, 1.807) is 24.3 Å². The first kappa shape index (κ1) is 21.2. The largest absolute Gasteiger partial charge is 0.489 e. The number of amides is 1. The minimum absolute atomic E-state index is 0.283. The van der Waals surface area contributed by atoms with E-state index in [1.165, 1.54) is 6.21 Å². The van der Waals surface area contributed by atoms with Crippen LogP contribution >= 0.6 is 11.8 Å². The summed E-state index contributed by atoms with van der Waals surface area (Å²) in [7, 11) is -3.61. The van der Waals surface area contributed by atoms with Gasteiger partial charge in [0.1, 0.15) is 18.4 Å². The molecule has 1 saturated heterocycles. The van der Waals surface area contributed by atoms with Gasteiger partial charge in [-0.1, -0.05) is 17.7 Å². The predicted molar refractivity (Wildman–Crippen MR) is 117 cm³/mol. The molecule has 0 unspecified atom stereocenters. The van der Waals surface area contributed by atoms with E-state index in [4.69, 9.17) is 4.74 Å². The smallest absolute Gasteiger partial charge is 0.260 e. The third-order valence-corrected chi connectivity index (χ3v) is 6.56. The number of nitrogens with one attached hydrogen (secondary N) is 1. The topological polar surface area (TPSA) is 88.1 Å². The zero-order valence-electron chi connectivity index (χ0n) is 16.2. The number of anilines is 1. The fourth-order valence-electron chi connectivity index (χ4n) is 2.56. The Morgan fingerprint density at radius 3 is 2.41 bits per heavy atom. The van der Waals surface area contributed by atoms with Crippen molar-refractivity contribution < 1.29 is 17.9 Å². The van der Waals surface area contributed by atoms with Gasteiger partial charge < -0.3 is 4.74 Å². The highest BCUT2D eigenvalue weighted by Crippen LogP contribution is 2.23. The van der Waals surface area contributed by atoms with Gasteiger partial charge in [-0.15, -0.1) is 0 Å². The van der Waals surface area contributed by atoms with E-state index < -0.39 is 15.9 Å². The van der Waals surface area contributed by atoms with E-state index in [1.807, 2.05) is 43.0 Å². The lowest BCUT2D eigenvalue weighted by molar-refractivity contribution is -0.119. The first-order chi connectivity index (χ1) is 13.8. The van der Waals surface area contributed by atoms with E-state index in [0.29, 0.717) is 5.69 Å². The van der Waals surface area contributed by atoms with Crippen LogP contribution < -0.4 is 14.5 Å². The zero-order valence-corrected chi connectivity index (χ0v) is 17.9. The molecule has 154 valence electrons. The Morgan fingerprint density at radius 1 is 1.21 bits per heavy atom. The highest BCUT2D eigenvalue weighted by Gasteiger charge is 2.21. The van der Waals surface area contributed by atoms with Gasteiger partial charge in [0.15, 0.2) is 0 Å². The molecule has 1 fully saturated rings. The number of benzene rings is 2. The Balaban J connectivity index is 1.56. The number of nitrogens with zero attached hydrogens (tertiary/aromatic N) is 2. The molecule has 0 aliphatic carbocycles. The van der Waals surface area contributed by atoms with Gasteiger partial charge in [0, 0.05) is 11.5 Å². The molecule has 1 aliphatic rings. The van der Waals surface area contributed by atoms with Crippen LogP contribution in [0.25, 0.3) is 0 Å². The van der Waals surface area contributed by atoms with Crippen LogP contribution in [-0.4, -0.2) is 50.9 Å². The van der Waals surface area contributed by atoms with Crippen molar-refractivity contribution in [2.24, 2.45) is 5.10 Å². The highest BCUT2D eigenvalue weighted by molar-refractivity contribution is 8.00. The third-order valence-electron chi connectivity index (χ3n) is 4.20. The standard InChI is InChI=1S/C20H23N3O4S2/c1-15-3-7-17(8-4-15)23(29(2,25)26)12-20(24)22-21-11-16-5-9-18(10-6-16)27-19-13-28-14-19/h3-11,19H,12-14H2,1-2H3,(H,22,24)/b21-11-. The molecule has 0 radical (unpaired) electrons. The number of hydrazone groups is 1. The van der Waals surface area contributed by atoms with Gasteiger partial charge >= 0.3 is 0 Å². The zero-order chi connectivity index (χ0) is 20.9. The van der Waals surface area contributed by atoms with E-state index in [-0.39, 0.29) is 12.6 Å². The summed E-state index contributed by atoms with van der Waals surface area (Å²) in [4.78, 5) is 12.2. The van der Waals surface area contributed by atoms with Crippen LogP contribution in [0.1, 0.15) is 11.1 Å². The van der Waals surface area contributed by atoms with E-state index >= 15 is 0 Å². The minimum atomic E-state index is -3.61. The Morgan fingerprint density at radius 2 is 1.86 bits per heavy atom. The van der Waals surface area contributed by atoms with Crippen LogP contribution in [0, 0.1) is 6.92 Å². The third kappa shape index (κ3) is 6.23. The fraction of sp³-hybridized carbons (Fsp3) is 0.300. The normalized spacial score (nSPS) is 14.4. The SMILES string of the molecule is Cc1ccc(N(CC(=O)N/N=C\c2ccc(OC3CSC3)cc2)S(C)(=O)=O)cc1. The molecule has 0 spiro atoms. The van der Waals surface area contributed by atoms with Crippen LogP contribution in [0.3, 0.4) is 0 Å². The van der Waals surface area contributed by atoms with Gasteiger partial charge in [0.2, 0.25) is 10.0 Å². The van der Waals surface area contributed by atoms with Gasteiger partial charge in [-0.2, -0.15) is 16.9 Å². The van der Waals surface area contributed by atoms with Crippen molar-refractivity contribution in [3.05, 3.63) is 59.7 Å². The van der Waals surface area contributed by atoms with Crippen molar-refractivity contribution in [3.63, 3.8) is 0 Å². The second-order valence-corrected chi connectivity index (χ2v) is 9.73. The molecule has 0 saturated carbocycles. The van der Waals surface area contributed by atoms with Crippen molar-refractivity contribution in [2.45, 2.75) is 13.0 Å². The van der Waals surface area contributed by atoms with Crippen molar-refractivity contribution in [3.8, 4) is 5.75 Å². The molecule has 0 bridgehead atoms. The number of aryl methyl sites for hydroxylation is 1. The van der Waals surface area contributed by atoms with Gasteiger partial charge in [-0.25, -0.2) is 13.8 Å². The van der Waals surface area contributed by atoms with Crippen LogP contribution in [-0.2, 0) is 14.8 Å². The lowest BCUT2D eigenvalue weighted by Gasteiger charge is -2.25. The van der Waals surface area contributed by atoms with Gasteiger partial charge in [0.25, 0.3) is 5.91 Å². The molecule has 2 aromatic rings. The molecular formula is C20H23N3O4S2. The molecule has 1 amide bonds. The molecule has 2 aromatic carbocycles. The Bertz CT molecular complexity index is 970. The maximum absolute atomic E-state index is 12.2. The molecule has 0 atom stereocenters. The van der Waals surface area contributed by atoms with Gasteiger partial charge in [0.05, 0.1) is 18.2 Å². The second kappa shape index (κ2) is 9.32. The monoisotopic (exact) mass is 433 g/mol. The molecule has 9 heteroatoms. The lowest BCUT2D eigenvalue weighted by Crippen LogP contribution is -2.39. The molecule has 3 rings (SSSR count). The Kier molecular flexibility index (Phi) is 6.81. The molecular weight excluding hydrogens is 410 g/mol. The predicted octanol–water partition coefficient (Wildman–Crippen LogP) is 2.41. The maximum Gasteiger partial charge on any atom is 0.260 e. The van der Waals surface area contributed by atoms with E-state index in [9.17, 15) is 13.2 Å². The summed E-state index contributed by atoms with van der Waals surface area (Å²) >= 11 is 1.86. The highest BCUT2D eigenvalue weighted by atomic mass is 32.2. The van der Waals surface area contributed by atoms with Crippen molar-refractivity contribution in [1.29, 1.82) is 0 Å². The maximum atomic E-state index is 12.2. The van der Waals surface area contributed by atoms with Gasteiger partial charge in [-0.05, 0) is 48.9 Å². The molecule has 1 heterocycles. The van der Waals surface area contributed by atoms with E-state index in [2.05, 4.69) is 10.5 Å². The number of ether oxygens (including phenoxy) is 1. The number of sulfonamides is 1. The van der Waals surface area contributed by atoms with Crippen LogP contribution in [0.2, 0.25) is 0 Å². The number of carbonyl (C=O) groups excluding carboxylic acids is 1. The summed E-state index contributed by atoms with van der Waals surface area (Å²) in [6.45, 7) is 1.55. The number of hydrogen-bond acceptors (Lipinski definition) is 6. The summed E-state index contributed by atoms with van der Waals surface area (Å²) in [5, 5.41) is 3.91. The minimum Gasteiger partial charge on any atom is -0.489 e. The summed E-state index contributed by atoms with van der Waals surface area (Å²) in [6, 6.07) is 14.3. The number of thioether (sulfide) groups is 1. The number of carbonyl (C=O) groups is 1. The summed E-state index contributed by atoms with van der Waals surface area (Å²) < 4.78 is 31.0. The second-order valence-electron chi connectivity index (χ2n) is 6.74. The quantitative estimate of drug-likeness (QED) is 0.510. The average molecular weight is 434 g/mol. The lowest BCUT2D eigenvalue weighted by atomic mass is 10.2. The summed E-state index contributed by atoms with van der Waals surface area (Å²) in [6.07, 6.45) is 2.84.